The van der Waals surface area contributed by atoms with Crippen molar-refractivity contribution in [2.45, 2.75) is 0 Å². The van der Waals surface area contributed by atoms with Crippen molar-refractivity contribution in [2.24, 2.45) is 0 Å². The highest BCUT2D eigenvalue weighted by Crippen LogP contribution is 2.38. The molecule has 0 N–H and O–H groups in total. The van der Waals surface area contributed by atoms with Crippen LogP contribution in [0.2, 0.25) is 0 Å². The van der Waals surface area contributed by atoms with Gasteiger partial charge in [0.1, 0.15) is 0 Å². The first-order chi connectivity index (χ1) is 10.2. The molecule has 1 aliphatic heterocycles. The molecule has 0 spiro atoms. The van der Waals surface area contributed by atoms with Gasteiger partial charge in [-0.15, -0.1) is 0 Å². The van der Waals surface area contributed by atoms with Crippen LogP contribution in [0.5, 0.6) is 17.2 Å². The van der Waals surface area contributed by atoms with E-state index < -0.39 is 0 Å². The Morgan fingerprint density at radius 3 is 2.10 bits per heavy atom. The van der Waals surface area contributed by atoms with Gasteiger partial charge in [0.05, 0.1) is 21.3 Å². The van der Waals surface area contributed by atoms with Gasteiger partial charge >= 0.3 is 0 Å². The lowest BCUT2D eigenvalue weighted by Gasteiger charge is -2.13. The van der Waals surface area contributed by atoms with E-state index in [1.165, 1.54) is 21.3 Å². The Bertz CT molecular complexity index is 545. The van der Waals surface area contributed by atoms with Crippen molar-refractivity contribution in [2.75, 3.05) is 34.4 Å². The number of hydrogen-bond donors (Lipinski definition) is 0. The van der Waals surface area contributed by atoms with E-state index in [0.717, 1.165) is 13.1 Å². The zero-order chi connectivity index (χ0) is 15.2. The molecule has 1 aromatic rings. The Morgan fingerprint density at radius 2 is 1.62 bits per heavy atom. The summed E-state index contributed by atoms with van der Waals surface area (Å²) in [6.45, 7) is 1.66. The second-order valence-electron chi connectivity index (χ2n) is 4.52. The van der Waals surface area contributed by atoms with Crippen LogP contribution in [0, 0.1) is 0 Å². The number of carbonyl (C=O) groups excluding carboxylic acids is 1. The Hall–Kier alpha value is -2.43. The van der Waals surface area contributed by atoms with Crippen LogP contribution >= 0.6 is 0 Å². The standard InChI is InChI=1S/C16H19NO4/c1-19-14-10-12(11-15(20-2)16(14)21-3)13(18)6-9-17-7-4-5-8-17/h4-6,9-11H,7-8H2,1-3H3/b9-6-. The van der Waals surface area contributed by atoms with E-state index in [9.17, 15) is 4.79 Å². The summed E-state index contributed by atoms with van der Waals surface area (Å²) in [5.74, 6) is 1.30. The summed E-state index contributed by atoms with van der Waals surface area (Å²) >= 11 is 0. The minimum atomic E-state index is -0.110. The zero-order valence-corrected chi connectivity index (χ0v) is 12.5. The molecule has 5 heteroatoms. The molecule has 21 heavy (non-hydrogen) atoms. The van der Waals surface area contributed by atoms with Gasteiger partial charge in [-0.3, -0.25) is 4.79 Å². The van der Waals surface area contributed by atoms with E-state index in [0.29, 0.717) is 22.8 Å². The number of ether oxygens (including phenoxy) is 3. The molecule has 0 radical (unpaired) electrons. The fourth-order valence-electron chi connectivity index (χ4n) is 2.11. The number of rotatable bonds is 6. The van der Waals surface area contributed by atoms with E-state index in [2.05, 4.69) is 12.2 Å². The molecule has 0 saturated carbocycles. The molecule has 1 aromatic carbocycles. The third kappa shape index (κ3) is 3.37. The van der Waals surface area contributed by atoms with Crippen molar-refractivity contribution in [3.63, 3.8) is 0 Å². The van der Waals surface area contributed by atoms with Gasteiger partial charge in [0.15, 0.2) is 17.3 Å². The largest absolute Gasteiger partial charge is 0.493 e. The van der Waals surface area contributed by atoms with Crippen molar-refractivity contribution in [3.8, 4) is 17.2 Å². The quantitative estimate of drug-likeness (QED) is 0.457. The second kappa shape index (κ2) is 6.83. The van der Waals surface area contributed by atoms with Crippen LogP contribution in [0.15, 0.2) is 36.6 Å². The average Bonchev–Trinajstić information content (AvgIpc) is 3.04. The van der Waals surface area contributed by atoms with Crippen molar-refractivity contribution < 1.29 is 19.0 Å². The Morgan fingerprint density at radius 1 is 1.05 bits per heavy atom. The highest BCUT2D eigenvalue weighted by Gasteiger charge is 2.15. The highest BCUT2D eigenvalue weighted by molar-refractivity contribution is 6.05. The maximum Gasteiger partial charge on any atom is 0.203 e. The lowest BCUT2D eigenvalue weighted by atomic mass is 10.1. The lowest BCUT2D eigenvalue weighted by Crippen LogP contribution is -2.12. The van der Waals surface area contributed by atoms with Gasteiger partial charge in [0.2, 0.25) is 5.75 Å². The van der Waals surface area contributed by atoms with Crippen LogP contribution in [0.3, 0.4) is 0 Å². The summed E-state index contributed by atoms with van der Waals surface area (Å²) in [5, 5.41) is 0. The summed E-state index contributed by atoms with van der Waals surface area (Å²) in [5.41, 5.74) is 0.493. The number of benzene rings is 1. The number of allylic oxidation sites excluding steroid dienone is 1. The van der Waals surface area contributed by atoms with Crippen molar-refractivity contribution in [1.29, 1.82) is 0 Å². The predicted molar refractivity (Wildman–Crippen MR) is 80.3 cm³/mol. The molecule has 2 rings (SSSR count). The van der Waals surface area contributed by atoms with Gasteiger partial charge in [-0.05, 0) is 12.1 Å². The SMILES string of the molecule is COc1cc(C(=O)/C=C\N2CC=CC2)cc(OC)c1OC. The van der Waals surface area contributed by atoms with E-state index in [4.69, 9.17) is 14.2 Å². The molecule has 5 nitrogen and oxygen atoms in total. The van der Waals surface area contributed by atoms with Crippen molar-refractivity contribution >= 4 is 5.78 Å². The van der Waals surface area contributed by atoms with Gasteiger partial charge < -0.3 is 19.1 Å². The third-order valence-electron chi connectivity index (χ3n) is 3.23. The fraction of sp³-hybridized carbons (Fsp3) is 0.312. The van der Waals surface area contributed by atoms with Crippen LogP contribution in [-0.4, -0.2) is 45.1 Å². The smallest absolute Gasteiger partial charge is 0.203 e. The number of hydrogen-bond acceptors (Lipinski definition) is 5. The number of carbonyl (C=O) groups is 1. The summed E-state index contributed by atoms with van der Waals surface area (Å²) in [6, 6.07) is 3.30. The highest BCUT2D eigenvalue weighted by atomic mass is 16.5. The maximum atomic E-state index is 12.3. The van der Waals surface area contributed by atoms with Crippen molar-refractivity contribution in [1.82, 2.24) is 4.90 Å². The monoisotopic (exact) mass is 289 g/mol. The molecule has 0 aliphatic carbocycles. The van der Waals surface area contributed by atoms with Crippen LogP contribution in [0.1, 0.15) is 10.4 Å². The van der Waals surface area contributed by atoms with Crippen LogP contribution < -0.4 is 14.2 Å². The molecule has 0 aromatic heterocycles. The van der Waals surface area contributed by atoms with Crippen LogP contribution in [-0.2, 0) is 0 Å². The molecule has 0 bridgehead atoms. The van der Waals surface area contributed by atoms with Gasteiger partial charge in [0, 0.05) is 30.9 Å². The van der Waals surface area contributed by atoms with E-state index in [-0.39, 0.29) is 5.78 Å². The third-order valence-corrected chi connectivity index (χ3v) is 3.23. The lowest BCUT2D eigenvalue weighted by molar-refractivity contribution is 0.104. The first-order valence-corrected chi connectivity index (χ1v) is 6.61. The van der Waals surface area contributed by atoms with E-state index in [1.54, 1.807) is 24.4 Å². The van der Waals surface area contributed by atoms with Gasteiger partial charge in [-0.1, -0.05) is 12.2 Å². The Labute approximate surface area is 124 Å². The molecule has 1 aliphatic rings. The molecular formula is C16H19NO4. The number of methoxy groups -OCH3 is 3. The molecule has 0 atom stereocenters. The summed E-state index contributed by atoms with van der Waals surface area (Å²) in [4.78, 5) is 14.3. The predicted octanol–water partition coefficient (Wildman–Crippen LogP) is 2.28. The molecule has 0 fully saturated rings. The van der Waals surface area contributed by atoms with E-state index >= 15 is 0 Å². The fourth-order valence-corrected chi connectivity index (χ4v) is 2.11. The first kappa shape index (κ1) is 15.0. The van der Waals surface area contributed by atoms with Gasteiger partial charge in [-0.2, -0.15) is 0 Å². The minimum Gasteiger partial charge on any atom is -0.493 e. The topological polar surface area (TPSA) is 48.0 Å². The summed E-state index contributed by atoms with van der Waals surface area (Å²) in [7, 11) is 4.58. The molecular weight excluding hydrogens is 270 g/mol. The van der Waals surface area contributed by atoms with Gasteiger partial charge in [-0.25, -0.2) is 0 Å². The van der Waals surface area contributed by atoms with Gasteiger partial charge in [0.25, 0.3) is 0 Å². The molecule has 112 valence electrons. The molecule has 1 heterocycles. The summed E-state index contributed by atoms with van der Waals surface area (Å²) < 4.78 is 15.7. The molecule has 0 amide bonds. The zero-order valence-electron chi connectivity index (χ0n) is 12.5. The normalized spacial score (nSPS) is 13.8. The molecule has 0 saturated heterocycles. The average molecular weight is 289 g/mol. The second-order valence-corrected chi connectivity index (χ2v) is 4.52. The minimum absolute atomic E-state index is 0.110. The maximum absolute atomic E-state index is 12.3. The van der Waals surface area contributed by atoms with Crippen LogP contribution in [0.4, 0.5) is 0 Å². The summed E-state index contributed by atoms with van der Waals surface area (Å²) in [6.07, 6.45) is 7.47. The number of ketones is 1. The number of nitrogens with zero attached hydrogens (tertiary/aromatic N) is 1. The Kier molecular flexibility index (Phi) is 4.87. The van der Waals surface area contributed by atoms with Crippen LogP contribution in [0.25, 0.3) is 0 Å². The Balaban J connectivity index is 2.24. The first-order valence-electron chi connectivity index (χ1n) is 6.61. The van der Waals surface area contributed by atoms with E-state index in [1.807, 2.05) is 4.90 Å². The van der Waals surface area contributed by atoms with Crippen molar-refractivity contribution in [3.05, 3.63) is 42.1 Å². The molecule has 0 unspecified atom stereocenters.